The molecule has 174 valence electrons. The van der Waals surface area contributed by atoms with Crippen molar-refractivity contribution in [1.29, 1.82) is 0 Å². The summed E-state index contributed by atoms with van der Waals surface area (Å²) >= 11 is 0. The molecule has 2 saturated heterocycles. The molecule has 33 heavy (non-hydrogen) atoms. The molecule has 0 spiro atoms. The van der Waals surface area contributed by atoms with Gasteiger partial charge >= 0.3 is 6.03 Å². The summed E-state index contributed by atoms with van der Waals surface area (Å²) < 4.78 is 16.1. The van der Waals surface area contributed by atoms with Gasteiger partial charge in [0, 0.05) is 49.6 Å². The average Bonchev–Trinajstić information content (AvgIpc) is 3.43. The van der Waals surface area contributed by atoms with E-state index in [0.29, 0.717) is 47.4 Å². The second-order valence-electron chi connectivity index (χ2n) is 7.71. The molecule has 1 unspecified atom stereocenters. The molecule has 10 heteroatoms. The summed E-state index contributed by atoms with van der Waals surface area (Å²) in [6.07, 6.45) is 0.0801. The molecule has 2 aliphatic rings. The van der Waals surface area contributed by atoms with Crippen LogP contribution in [0.3, 0.4) is 0 Å². The molecule has 4 rings (SSSR count). The minimum Gasteiger partial charge on any atom is -0.493 e. The second-order valence-corrected chi connectivity index (χ2v) is 7.71. The molecule has 1 atom stereocenters. The van der Waals surface area contributed by atoms with Crippen molar-refractivity contribution in [3.05, 3.63) is 36.4 Å². The molecule has 2 aromatic rings. The van der Waals surface area contributed by atoms with Gasteiger partial charge in [0.2, 0.25) is 17.6 Å². The van der Waals surface area contributed by atoms with Gasteiger partial charge in [0.15, 0.2) is 11.5 Å². The number of carbonyl (C=O) groups excluding carboxylic acids is 3. The number of methoxy groups -OCH3 is 3. The lowest BCUT2D eigenvalue weighted by Gasteiger charge is -2.20. The molecule has 2 heterocycles. The van der Waals surface area contributed by atoms with Gasteiger partial charge in [-0.1, -0.05) is 6.07 Å². The zero-order valence-electron chi connectivity index (χ0n) is 18.7. The lowest BCUT2D eigenvalue weighted by Crippen LogP contribution is -2.29. The number of nitrogens with zero attached hydrogens (tertiary/aromatic N) is 2. The first kappa shape index (κ1) is 22.3. The Labute approximate surface area is 191 Å². The predicted octanol–water partition coefficient (Wildman–Crippen LogP) is 2.23. The third-order valence-corrected chi connectivity index (χ3v) is 5.74. The van der Waals surface area contributed by atoms with Crippen LogP contribution in [-0.4, -0.2) is 58.8 Å². The van der Waals surface area contributed by atoms with Gasteiger partial charge in [-0.05, 0) is 18.2 Å². The minimum absolute atomic E-state index is 0.0801. The van der Waals surface area contributed by atoms with E-state index in [4.69, 9.17) is 14.2 Å². The van der Waals surface area contributed by atoms with E-state index in [9.17, 15) is 14.4 Å². The largest absolute Gasteiger partial charge is 0.493 e. The SMILES string of the molecule is COc1cc(N2CC(C(=O)Nc3cccc(N4CCNC4=O)c3)CC2=O)cc(OC)c1OC. The number of anilines is 3. The number of benzene rings is 2. The van der Waals surface area contributed by atoms with E-state index in [2.05, 4.69) is 10.6 Å². The van der Waals surface area contributed by atoms with Crippen LogP contribution in [-0.2, 0) is 9.59 Å². The lowest BCUT2D eigenvalue weighted by atomic mass is 10.1. The van der Waals surface area contributed by atoms with Crippen LogP contribution in [0.5, 0.6) is 17.2 Å². The smallest absolute Gasteiger partial charge is 0.321 e. The van der Waals surface area contributed by atoms with E-state index < -0.39 is 5.92 Å². The van der Waals surface area contributed by atoms with Gasteiger partial charge in [0.05, 0.1) is 32.9 Å². The molecule has 2 N–H and O–H groups in total. The van der Waals surface area contributed by atoms with Gasteiger partial charge in [-0.3, -0.25) is 14.5 Å². The average molecular weight is 454 g/mol. The van der Waals surface area contributed by atoms with Crippen LogP contribution in [0.15, 0.2) is 36.4 Å². The zero-order chi connectivity index (χ0) is 23.5. The Bertz CT molecular complexity index is 1060. The Hall–Kier alpha value is -3.95. The molecule has 10 nitrogen and oxygen atoms in total. The van der Waals surface area contributed by atoms with E-state index >= 15 is 0 Å². The molecular formula is C23H26N4O6. The highest BCUT2D eigenvalue weighted by molar-refractivity contribution is 6.04. The third kappa shape index (κ3) is 4.36. The van der Waals surface area contributed by atoms with Crippen molar-refractivity contribution in [2.24, 2.45) is 5.92 Å². The molecule has 0 bridgehead atoms. The van der Waals surface area contributed by atoms with Crippen LogP contribution in [0.1, 0.15) is 6.42 Å². The first-order chi connectivity index (χ1) is 15.9. The molecule has 0 radical (unpaired) electrons. The van der Waals surface area contributed by atoms with Crippen molar-refractivity contribution in [3.8, 4) is 17.2 Å². The Kier molecular flexibility index (Phi) is 6.25. The molecular weight excluding hydrogens is 428 g/mol. The van der Waals surface area contributed by atoms with Crippen LogP contribution in [0.2, 0.25) is 0 Å². The standard InChI is InChI=1S/C23H26N4O6/c1-31-18-11-17(12-19(32-2)21(18)33-3)27-13-14(9-20(27)28)22(29)25-15-5-4-6-16(10-15)26-8-7-24-23(26)30/h4-6,10-12,14H,7-9,13H2,1-3H3,(H,24,30)(H,25,29). The summed E-state index contributed by atoms with van der Waals surface area (Å²) in [7, 11) is 4.51. The van der Waals surface area contributed by atoms with Crippen LogP contribution in [0.25, 0.3) is 0 Å². The van der Waals surface area contributed by atoms with E-state index in [1.54, 1.807) is 40.1 Å². The number of hydrogen-bond acceptors (Lipinski definition) is 6. The maximum atomic E-state index is 12.9. The second kappa shape index (κ2) is 9.27. The number of rotatable bonds is 7. The van der Waals surface area contributed by atoms with Gasteiger partial charge < -0.3 is 29.7 Å². The fraction of sp³-hybridized carbons (Fsp3) is 0.348. The van der Waals surface area contributed by atoms with E-state index in [1.165, 1.54) is 21.3 Å². The van der Waals surface area contributed by atoms with E-state index in [0.717, 1.165) is 0 Å². The molecule has 2 fully saturated rings. The van der Waals surface area contributed by atoms with E-state index in [1.807, 2.05) is 6.07 Å². The summed E-state index contributed by atoms with van der Waals surface area (Å²) in [6, 6.07) is 10.3. The highest BCUT2D eigenvalue weighted by Gasteiger charge is 2.36. The minimum atomic E-state index is -0.532. The summed E-state index contributed by atoms with van der Waals surface area (Å²) in [4.78, 5) is 40.7. The highest BCUT2D eigenvalue weighted by atomic mass is 16.5. The van der Waals surface area contributed by atoms with Crippen molar-refractivity contribution in [2.45, 2.75) is 6.42 Å². The van der Waals surface area contributed by atoms with E-state index in [-0.39, 0.29) is 30.8 Å². The monoisotopic (exact) mass is 454 g/mol. The quantitative estimate of drug-likeness (QED) is 0.664. The van der Waals surface area contributed by atoms with Crippen molar-refractivity contribution in [2.75, 3.05) is 56.1 Å². The molecule has 4 amide bonds. The molecule has 0 saturated carbocycles. The topological polar surface area (TPSA) is 109 Å². The highest BCUT2D eigenvalue weighted by Crippen LogP contribution is 2.42. The van der Waals surface area contributed by atoms with Crippen molar-refractivity contribution < 1.29 is 28.6 Å². The van der Waals surface area contributed by atoms with Gasteiger partial charge in [-0.25, -0.2) is 4.79 Å². The van der Waals surface area contributed by atoms with Crippen LogP contribution >= 0.6 is 0 Å². The number of carbonyl (C=O) groups is 3. The number of hydrogen-bond donors (Lipinski definition) is 2. The number of amides is 4. The maximum Gasteiger partial charge on any atom is 0.321 e. The van der Waals surface area contributed by atoms with Gasteiger partial charge in [0.25, 0.3) is 0 Å². The zero-order valence-corrected chi connectivity index (χ0v) is 18.7. The number of urea groups is 1. The van der Waals surface area contributed by atoms with Crippen LogP contribution < -0.4 is 34.6 Å². The molecule has 2 aliphatic heterocycles. The van der Waals surface area contributed by atoms with Crippen LogP contribution in [0.4, 0.5) is 21.9 Å². The van der Waals surface area contributed by atoms with Gasteiger partial charge in [-0.2, -0.15) is 0 Å². The Morgan fingerprint density at radius 3 is 2.33 bits per heavy atom. The molecule has 0 aliphatic carbocycles. The Balaban J connectivity index is 1.49. The maximum absolute atomic E-state index is 12.9. The predicted molar refractivity (Wildman–Crippen MR) is 122 cm³/mol. The summed E-state index contributed by atoms with van der Waals surface area (Å²) in [5.74, 6) is 0.311. The Morgan fingerprint density at radius 1 is 1.00 bits per heavy atom. The normalized spacial score (nSPS) is 17.7. The Morgan fingerprint density at radius 2 is 1.73 bits per heavy atom. The third-order valence-electron chi connectivity index (χ3n) is 5.74. The summed E-state index contributed by atoms with van der Waals surface area (Å²) in [5, 5.41) is 5.63. The van der Waals surface area contributed by atoms with Crippen LogP contribution in [0, 0.1) is 5.92 Å². The fourth-order valence-electron chi connectivity index (χ4n) is 4.07. The number of ether oxygens (including phenoxy) is 3. The lowest BCUT2D eigenvalue weighted by molar-refractivity contribution is -0.122. The number of nitrogens with one attached hydrogen (secondary N) is 2. The first-order valence-electron chi connectivity index (χ1n) is 10.5. The fourth-order valence-corrected chi connectivity index (χ4v) is 4.07. The molecule has 2 aromatic carbocycles. The summed E-state index contributed by atoms with van der Waals surface area (Å²) in [5.41, 5.74) is 1.83. The summed E-state index contributed by atoms with van der Waals surface area (Å²) in [6.45, 7) is 1.37. The van der Waals surface area contributed by atoms with Crippen molar-refractivity contribution in [3.63, 3.8) is 0 Å². The first-order valence-corrected chi connectivity index (χ1v) is 10.5. The molecule has 0 aromatic heterocycles. The van der Waals surface area contributed by atoms with Crippen molar-refractivity contribution >= 4 is 34.9 Å². The van der Waals surface area contributed by atoms with Gasteiger partial charge in [0.1, 0.15) is 0 Å². The van der Waals surface area contributed by atoms with Gasteiger partial charge in [-0.15, -0.1) is 0 Å². The van der Waals surface area contributed by atoms with Crippen molar-refractivity contribution in [1.82, 2.24) is 5.32 Å².